The predicted molar refractivity (Wildman–Crippen MR) is 90.0 cm³/mol. The summed E-state index contributed by atoms with van der Waals surface area (Å²) in [5.41, 5.74) is 4.01. The molecule has 1 aromatic heterocycles. The maximum atomic E-state index is 12.2. The number of aryl methyl sites for hydroxylation is 2. The van der Waals surface area contributed by atoms with Crippen molar-refractivity contribution in [1.82, 2.24) is 15.1 Å². The monoisotopic (exact) mass is 315 g/mol. The summed E-state index contributed by atoms with van der Waals surface area (Å²) >= 11 is 0. The first-order valence-electron chi connectivity index (χ1n) is 7.96. The van der Waals surface area contributed by atoms with Gasteiger partial charge in [0.25, 0.3) is 0 Å². The summed E-state index contributed by atoms with van der Waals surface area (Å²) in [7, 11) is 1.78. The van der Waals surface area contributed by atoms with E-state index in [-0.39, 0.29) is 5.91 Å². The van der Waals surface area contributed by atoms with Crippen LogP contribution in [0.15, 0.2) is 30.3 Å². The highest BCUT2D eigenvalue weighted by Gasteiger charge is 2.14. The van der Waals surface area contributed by atoms with Crippen LogP contribution in [0.4, 0.5) is 0 Å². The van der Waals surface area contributed by atoms with Crippen LogP contribution >= 0.6 is 0 Å². The van der Waals surface area contributed by atoms with Gasteiger partial charge in [0.05, 0.1) is 11.8 Å². The van der Waals surface area contributed by atoms with Crippen molar-refractivity contribution in [3.63, 3.8) is 0 Å². The van der Waals surface area contributed by atoms with Crippen molar-refractivity contribution in [2.45, 2.75) is 39.2 Å². The maximum absolute atomic E-state index is 12.2. The predicted octanol–water partition coefficient (Wildman–Crippen LogP) is 2.54. The average molecular weight is 315 g/mol. The Kier molecular flexibility index (Phi) is 5.93. The fourth-order valence-corrected chi connectivity index (χ4v) is 2.48. The van der Waals surface area contributed by atoms with Gasteiger partial charge in [-0.1, -0.05) is 30.3 Å². The molecular formula is C18H25N3O2. The number of rotatable bonds is 7. The molecule has 5 nitrogen and oxygen atoms in total. The maximum Gasteiger partial charge on any atom is 0.222 e. The molecule has 0 spiro atoms. The molecule has 0 saturated carbocycles. The lowest BCUT2D eigenvalue weighted by atomic mass is 10.1. The van der Waals surface area contributed by atoms with E-state index in [2.05, 4.69) is 10.2 Å². The molecule has 0 aliphatic carbocycles. The molecule has 0 aliphatic rings. The Labute approximate surface area is 137 Å². The number of aliphatic hydroxyl groups excluding tert-OH is 1. The number of aromatic nitrogens is 2. The number of hydrogen-bond acceptors (Lipinski definition) is 3. The van der Waals surface area contributed by atoms with Crippen molar-refractivity contribution in [3.8, 4) is 0 Å². The number of hydrogen-bond donors (Lipinski definition) is 2. The molecule has 23 heavy (non-hydrogen) atoms. The van der Waals surface area contributed by atoms with Gasteiger partial charge in [-0.25, -0.2) is 0 Å². The van der Waals surface area contributed by atoms with Crippen LogP contribution in [0, 0.1) is 13.8 Å². The van der Waals surface area contributed by atoms with Crippen LogP contribution in [-0.4, -0.2) is 39.7 Å². The third-order valence-electron chi connectivity index (χ3n) is 4.28. The Morgan fingerprint density at radius 2 is 2.00 bits per heavy atom. The minimum absolute atomic E-state index is 0.0744. The lowest BCUT2D eigenvalue weighted by Gasteiger charge is -2.19. The molecule has 0 aliphatic heterocycles. The average Bonchev–Trinajstić information content (AvgIpc) is 2.89. The van der Waals surface area contributed by atoms with Crippen LogP contribution in [0.5, 0.6) is 0 Å². The summed E-state index contributed by atoms with van der Waals surface area (Å²) in [6.45, 7) is 4.52. The zero-order valence-corrected chi connectivity index (χ0v) is 14.0. The zero-order chi connectivity index (χ0) is 16.8. The third kappa shape index (κ3) is 4.66. The van der Waals surface area contributed by atoms with Crippen LogP contribution in [-0.2, 0) is 11.2 Å². The zero-order valence-electron chi connectivity index (χ0n) is 14.0. The van der Waals surface area contributed by atoms with Crippen LogP contribution in [0.2, 0.25) is 0 Å². The molecule has 0 radical (unpaired) electrons. The molecule has 1 atom stereocenters. The fourth-order valence-electron chi connectivity index (χ4n) is 2.48. The highest BCUT2D eigenvalue weighted by atomic mass is 16.3. The van der Waals surface area contributed by atoms with Gasteiger partial charge in [-0.05, 0) is 31.4 Å². The third-order valence-corrected chi connectivity index (χ3v) is 4.28. The van der Waals surface area contributed by atoms with Crippen molar-refractivity contribution in [2.75, 3.05) is 13.6 Å². The first-order chi connectivity index (χ1) is 11.0. The number of aromatic amines is 1. The fraction of sp³-hybridized carbons (Fsp3) is 0.444. The summed E-state index contributed by atoms with van der Waals surface area (Å²) < 4.78 is 0. The summed E-state index contributed by atoms with van der Waals surface area (Å²) in [6, 6.07) is 9.53. The van der Waals surface area contributed by atoms with Gasteiger partial charge in [0.15, 0.2) is 0 Å². The van der Waals surface area contributed by atoms with Gasteiger partial charge in [-0.3, -0.25) is 9.89 Å². The number of nitrogens with one attached hydrogen (secondary N) is 1. The van der Waals surface area contributed by atoms with E-state index >= 15 is 0 Å². The molecule has 0 unspecified atom stereocenters. The first kappa shape index (κ1) is 17.2. The highest BCUT2D eigenvalue weighted by Crippen LogP contribution is 2.16. The van der Waals surface area contributed by atoms with Gasteiger partial charge >= 0.3 is 0 Å². The molecule has 2 aromatic rings. The van der Waals surface area contributed by atoms with Crippen molar-refractivity contribution in [1.29, 1.82) is 0 Å². The second kappa shape index (κ2) is 7.92. The molecule has 0 bridgehead atoms. The molecule has 5 heteroatoms. The highest BCUT2D eigenvalue weighted by molar-refractivity contribution is 5.76. The SMILES string of the molecule is Cc1[nH]nc(CCC(=O)N(C)CC[C@@H](O)c2ccccc2)c1C. The van der Waals surface area contributed by atoms with Crippen LogP contribution in [0.25, 0.3) is 0 Å². The summed E-state index contributed by atoms with van der Waals surface area (Å²) in [5.74, 6) is 0.0744. The molecule has 0 fully saturated rings. The van der Waals surface area contributed by atoms with E-state index in [1.165, 1.54) is 0 Å². The van der Waals surface area contributed by atoms with Crippen molar-refractivity contribution in [2.24, 2.45) is 0 Å². The smallest absolute Gasteiger partial charge is 0.222 e. The van der Waals surface area contributed by atoms with Crippen LogP contribution < -0.4 is 0 Å². The Morgan fingerprint density at radius 1 is 1.30 bits per heavy atom. The number of H-pyrrole nitrogens is 1. The van der Waals surface area contributed by atoms with Crippen molar-refractivity contribution in [3.05, 3.63) is 52.8 Å². The first-order valence-corrected chi connectivity index (χ1v) is 7.96. The van der Waals surface area contributed by atoms with Crippen LogP contribution in [0.3, 0.4) is 0 Å². The van der Waals surface area contributed by atoms with E-state index in [9.17, 15) is 9.90 Å². The summed E-state index contributed by atoms with van der Waals surface area (Å²) in [6.07, 6.45) is 1.07. The number of aliphatic hydroxyl groups is 1. The second-order valence-electron chi connectivity index (χ2n) is 5.95. The molecular weight excluding hydrogens is 290 g/mol. The quantitative estimate of drug-likeness (QED) is 0.825. The van der Waals surface area contributed by atoms with E-state index in [0.717, 1.165) is 22.5 Å². The topological polar surface area (TPSA) is 69.2 Å². The van der Waals surface area contributed by atoms with Gasteiger partial charge in [-0.15, -0.1) is 0 Å². The second-order valence-corrected chi connectivity index (χ2v) is 5.95. The lowest BCUT2D eigenvalue weighted by Crippen LogP contribution is -2.29. The van der Waals surface area contributed by atoms with Gasteiger partial charge in [-0.2, -0.15) is 5.10 Å². The summed E-state index contributed by atoms with van der Waals surface area (Å²) in [5, 5.41) is 17.3. The number of benzene rings is 1. The molecule has 124 valence electrons. The molecule has 2 N–H and O–H groups in total. The Balaban J connectivity index is 1.78. The van der Waals surface area contributed by atoms with E-state index < -0.39 is 6.10 Å². The van der Waals surface area contributed by atoms with E-state index in [1.54, 1.807) is 11.9 Å². The van der Waals surface area contributed by atoms with Gasteiger partial charge in [0.1, 0.15) is 0 Å². The standard InChI is InChI=1S/C18H25N3O2/c1-13-14(2)19-20-16(13)9-10-18(23)21(3)12-11-17(22)15-7-5-4-6-8-15/h4-8,17,22H,9-12H2,1-3H3,(H,19,20)/t17-/m1/s1. The number of carbonyl (C=O) groups excluding carboxylic acids is 1. The Morgan fingerprint density at radius 3 is 2.61 bits per heavy atom. The van der Waals surface area contributed by atoms with Gasteiger partial charge in [0.2, 0.25) is 5.91 Å². The number of amides is 1. The Hall–Kier alpha value is -2.14. The largest absolute Gasteiger partial charge is 0.388 e. The van der Waals surface area contributed by atoms with E-state index in [1.807, 2.05) is 44.2 Å². The van der Waals surface area contributed by atoms with Crippen LogP contribution in [0.1, 0.15) is 41.5 Å². The van der Waals surface area contributed by atoms with Crippen molar-refractivity contribution < 1.29 is 9.90 Å². The molecule has 2 rings (SSSR count). The van der Waals surface area contributed by atoms with Crippen molar-refractivity contribution >= 4 is 5.91 Å². The molecule has 1 heterocycles. The minimum atomic E-state index is -0.539. The van der Waals surface area contributed by atoms with E-state index in [0.29, 0.717) is 25.8 Å². The van der Waals surface area contributed by atoms with E-state index in [4.69, 9.17) is 0 Å². The number of carbonyl (C=O) groups is 1. The minimum Gasteiger partial charge on any atom is -0.388 e. The molecule has 1 amide bonds. The molecule has 1 aromatic carbocycles. The number of nitrogens with zero attached hydrogens (tertiary/aromatic N) is 2. The molecule has 0 saturated heterocycles. The van der Waals surface area contributed by atoms with Gasteiger partial charge < -0.3 is 10.0 Å². The van der Waals surface area contributed by atoms with Gasteiger partial charge in [0, 0.05) is 32.1 Å². The lowest BCUT2D eigenvalue weighted by molar-refractivity contribution is -0.130. The Bertz CT molecular complexity index is 637. The summed E-state index contributed by atoms with van der Waals surface area (Å²) in [4.78, 5) is 13.9. The normalized spacial score (nSPS) is 12.2.